The quantitative estimate of drug-likeness (QED) is 0.759. The van der Waals surface area contributed by atoms with Gasteiger partial charge >= 0.3 is 0 Å². The van der Waals surface area contributed by atoms with E-state index in [4.69, 9.17) is 0 Å². The van der Waals surface area contributed by atoms with E-state index < -0.39 is 9.84 Å². The Hall–Kier alpha value is -2.15. The number of amides is 1. The molecule has 0 bridgehead atoms. The number of sulfone groups is 1. The lowest BCUT2D eigenvalue weighted by atomic mass is 9.63. The molecule has 1 aromatic heterocycles. The second-order valence-electron chi connectivity index (χ2n) is 10.5. The first-order valence-corrected chi connectivity index (χ1v) is 12.9. The minimum absolute atomic E-state index is 0.0336. The Balaban J connectivity index is 1.63. The number of rotatable bonds is 3. The zero-order valence-corrected chi connectivity index (χ0v) is 20.2. The number of nitrogens with zero attached hydrogens (tertiary/aromatic N) is 2. The van der Waals surface area contributed by atoms with Crippen molar-refractivity contribution in [3.63, 3.8) is 0 Å². The largest absolute Gasteiger partial charge is 0.319 e. The van der Waals surface area contributed by atoms with Crippen molar-refractivity contribution in [3.8, 4) is 0 Å². The van der Waals surface area contributed by atoms with Crippen LogP contribution in [0.25, 0.3) is 0 Å². The molecule has 1 N–H and O–H groups in total. The highest BCUT2D eigenvalue weighted by molar-refractivity contribution is 7.91. The van der Waals surface area contributed by atoms with Crippen molar-refractivity contribution in [2.24, 2.45) is 0 Å². The Labute approximate surface area is 185 Å². The van der Waals surface area contributed by atoms with Gasteiger partial charge in [0.05, 0.1) is 34.6 Å². The van der Waals surface area contributed by atoms with E-state index in [0.717, 1.165) is 18.5 Å². The Bertz CT molecular complexity index is 1160. The molecule has 1 fully saturated rings. The summed E-state index contributed by atoms with van der Waals surface area (Å²) in [6.07, 6.45) is 2.79. The normalized spacial score (nSPS) is 23.4. The van der Waals surface area contributed by atoms with E-state index in [1.54, 1.807) is 4.68 Å². The number of hydrogen-bond donors (Lipinski definition) is 1. The fourth-order valence-electron chi connectivity index (χ4n) is 5.08. The average Bonchev–Trinajstić information content (AvgIpc) is 3.18. The highest BCUT2D eigenvalue weighted by atomic mass is 32.2. The van der Waals surface area contributed by atoms with Gasteiger partial charge in [0.15, 0.2) is 9.84 Å². The van der Waals surface area contributed by atoms with Gasteiger partial charge in [-0.05, 0) is 67.2 Å². The summed E-state index contributed by atoms with van der Waals surface area (Å²) in [6.45, 7) is 12.8. The van der Waals surface area contributed by atoms with Crippen LogP contribution < -0.4 is 5.32 Å². The van der Waals surface area contributed by atoms with Gasteiger partial charge < -0.3 is 5.32 Å². The molecule has 1 atom stereocenters. The fourth-order valence-corrected chi connectivity index (χ4v) is 6.78. The molecule has 1 amide bonds. The summed E-state index contributed by atoms with van der Waals surface area (Å²) in [6, 6.07) is 5.90. The second-order valence-corrected chi connectivity index (χ2v) is 12.8. The van der Waals surface area contributed by atoms with Crippen LogP contribution in [0.5, 0.6) is 0 Å². The zero-order chi connectivity index (χ0) is 22.8. The predicted octanol–water partition coefficient (Wildman–Crippen LogP) is 4.46. The molecule has 0 saturated carbocycles. The molecule has 31 heavy (non-hydrogen) atoms. The number of hydrogen-bond acceptors (Lipinski definition) is 4. The fraction of sp³-hybridized carbons (Fsp3) is 0.583. The van der Waals surface area contributed by atoms with Gasteiger partial charge in [0, 0.05) is 5.56 Å². The maximum absolute atomic E-state index is 13.2. The number of nitrogens with one attached hydrogen (secondary N) is 1. The molecule has 7 heteroatoms. The Morgan fingerprint density at radius 3 is 2.35 bits per heavy atom. The maximum Gasteiger partial charge on any atom is 0.255 e. The lowest BCUT2D eigenvalue weighted by Gasteiger charge is -2.42. The number of carbonyl (C=O) groups excluding carboxylic acids is 1. The highest BCUT2D eigenvalue weighted by Crippen LogP contribution is 2.46. The number of anilines is 1. The molecule has 1 aliphatic carbocycles. The van der Waals surface area contributed by atoms with Crippen LogP contribution in [0.1, 0.15) is 85.9 Å². The summed E-state index contributed by atoms with van der Waals surface area (Å²) in [4.78, 5) is 13.2. The van der Waals surface area contributed by atoms with E-state index in [0.29, 0.717) is 23.4 Å². The molecule has 2 heterocycles. The van der Waals surface area contributed by atoms with Crippen LogP contribution >= 0.6 is 0 Å². The first kappa shape index (κ1) is 22.1. The van der Waals surface area contributed by atoms with E-state index >= 15 is 0 Å². The Kier molecular flexibility index (Phi) is 5.11. The summed E-state index contributed by atoms with van der Waals surface area (Å²) < 4.78 is 25.5. The van der Waals surface area contributed by atoms with Gasteiger partial charge in [-0.15, -0.1) is 0 Å². The topological polar surface area (TPSA) is 81.1 Å². The summed E-state index contributed by atoms with van der Waals surface area (Å²) >= 11 is 0. The number of fused-ring (bicyclic) bond motifs is 1. The summed E-state index contributed by atoms with van der Waals surface area (Å²) in [5, 5.41) is 7.60. The maximum atomic E-state index is 13.2. The molecule has 1 unspecified atom stereocenters. The van der Waals surface area contributed by atoms with Gasteiger partial charge in [-0.2, -0.15) is 5.10 Å². The number of benzene rings is 1. The van der Waals surface area contributed by atoms with Crippen LogP contribution in [-0.2, 0) is 20.7 Å². The van der Waals surface area contributed by atoms with Crippen molar-refractivity contribution in [1.82, 2.24) is 9.78 Å². The second kappa shape index (κ2) is 7.19. The molecule has 2 aromatic rings. The first-order chi connectivity index (χ1) is 14.3. The van der Waals surface area contributed by atoms with Crippen molar-refractivity contribution in [3.05, 3.63) is 46.3 Å². The minimum atomic E-state index is -3.01. The molecule has 1 aromatic carbocycles. The van der Waals surface area contributed by atoms with E-state index in [2.05, 4.69) is 44.2 Å². The molecule has 2 aliphatic rings. The van der Waals surface area contributed by atoms with E-state index in [1.807, 2.05) is 26.0 Å². The third-order valence-corrected chi connectivity index (χ3v) is 8.98. The van der Waals surface area contributed by atoms with Gasteiger partial charge in [0.1, 0.15) is 0 Å². The van der Waals surface area contributed by atoms with Crippen LogP contribution in [0.2, 0.25) is 0 Å². The smallest absolute Gasteiger partial charge is 0.255 e. The molecule has 1 saturated heterocycles. The molecular weight excluding hydrogens is 410 g/mol. The van der Waals surface area contributed by atoms with Gasteiger partial charge in [0.2, 0.25) is 0 Å². The predicted molar refractivity (Wildman–Crippen MR) is 124 cm³/mol. The van der Waals surface area contributed by atoms with E-state index in [9.17, 15) is 13.2 Å². The summed E-state index contributed by atoms with van der Waals surface area (Å²) in [5.41, 5.74) is 5.52. The molecule has 4 rings (SSSR count). The lowest BCUT2D eigenvalue weighted by molar-refractivity contribution is 0.102. The van der Waals surface area contributed by atoms with Crippen LogP contribution in [0, 0.1) is 13.8 Å². The van der Waals surface area contributed by atoms with Gasteiger partial charge in [-0.25, -0.2) is 8.42 Å². The van der Waals surface area contributed by atoms with E-state index in [1.165, 1.54) is 11.1 Å². The number of aryl methyl sites for hydroxylation is 1. The van der Waals surface area contributed by atoms with Gasteiger partial charge in [-0.3, -0.25) is 9.48 Å². The average molecular weight is 444 g/mol. The van der Waals surface area contributed by atoms with Crippen molar-refractivity contribution in [2.45, 2.75) is 77.7 Å². The molecule has 1 aliphatic heterocycles. The van der Waals surface area contributed by atoms with Crippen molar-refractivity contribution in [2.75, 3.05) is 16.8 Å². The SMILES string of the molecule is Cc1nn(C2CCS(=O)(=O)C2)c(C)c1NC(=O)c1ccc2c(c1)C(C)(C)CCC2(C)C. The summed E-state index contributed by atoms with van der Waals surface area (Å²) in [7, 11) is -3.01. The molecule has 0 radical (unpaired) electrons. The molecular formula is C24H33N3O3S. The van der Waals surface area contributed by atoms with Gasteiger partial charge in [-0.1, -0.05) is 33.8 Å². The minimum Gasteiger partial charge on any atom is -0.319 e. The van der Waals surface area contributed by atoms with Crippen LogP contribution in [0.15, 0.2) is 18.2 Å². The van der Waals surface area contributed by atoms with Crippen LogP contribution in [-0.4, -0.2) is 35.6 Å². The van der Waals surface area contributed by atoms with E-state index in [-0.39, 0.29) is 34.3 Å². The van der Waals surface area contributed by atoms with Gasteiger partial charge in [0.25, 0.3) is 5.91 Å². The zero-order valence-electron chi connectivity index (χ0n) is 19.4. The summed E-state index contributed by atoms with van der Waals surface area (Å²) in [5.74, 6) is 0.142. The third-order valence-electron chi connectivity index (χ3n) is 7.23. The number of carbonyl (C=O) groups is 1. The lowest BCUT2D eigenvalue weighted by Crippen LogP contribution is -2.34. The monoisotopic (exact) mass is 443 g/mol. The Morgan fingerprint density at radius 2 is 1.74 bits per heavy atom. The first-order valence-electron chi connectivity index (χ1n) is 11.0. The number of aromatic nitrogens is 2. The molecule has 6 nitrogen and oxygen atoms in total. The Morgan fingerprint density at radius 1 is 1.10 bits per heavy atom. The highest BCUT2D eigenvalue weighted by Gasteiger charge is 2.37. The third kappa shape index (κ3) is 3.93. The van der Waals surface area contributed by atoms with Crippen LogP contribution in [0.3, 0.4) is 0 Å². The molecule has 0 spiro atoms. The van der Waals surface area contributed by atoms with Crippen LogP contribution in [0.4, 0.5) is 5.69 Å². The van der Waals surface area contributed by atoms with Crippen molar-refractivity contribution in [1.29, 1.82) is 0 Å². The van der Waals surface area contributed by atoms with Crippen molar-refractivity contribution >= 4 is 21.4 Å². The molecule has 168 valence electrons. The standard InChI is InChI=1S/C24H33N3O3S/c1-15-21(16(2)27(26-15)18-9-12-31(29,30)14-18)25-22(28)17-7-8-19-20(13-17)24(5,6)11-10-23(19,3)4/h7-8,13,18H,9-12,14H2,1-6H3,(H,25,28). The van der Waals surface area contributed by atoms with Crippen molar-refractivity contribution < 1.29 is 13.2 Å².